The van der Waals surface area contributed by atoms with Gasteiger partial charge in [-0.05, 0) is 49.6 Å². The fraction of sp³-hybridized carbons (Fsp3) is 0.286. The lowest BCUT2D eigenvalue weighted by molar-refractivity contribution is 0.0734. The van der Waals surface area contributed by atoms with Crippen molar-refractivity contribution in [2.45, 2.75) is 43.9 Å². The number of carbonyl (C=O) groups excluding carboxylic acids is 1. The van der Waals surface area contributed by atoms with Gasteiger partial charge in [-0.25, -0.2) is 15.0 Å². The summed E-state index contributed by atoms with van der Waals surface area (Å²) in [6, 6.07) is 11.9. The van der Waals surface area contributed by atoms with Crippen LogP contribution >= 0.6 is 0 Å². The largest absolute Gasteiger partial charge is 0.382 e. The number of aliphatic hydroxyl groups is 1. The van der Waals surface area contributed by atoms with Crippen molar-refractivity contribution in [2.75, 3.05) is 7.05 Å². The molecule has 1 aliphatic carbocycles. The lowest BCUT2D eigenvalue weighted by Crippen LogP contribution is -2.30. The first kappa shape index (κ1) is 20.4. The first-order valence-corrected chi connectivity index (χ1v) is 11.9. The van der Waals surface area contributed by atoms with Gasteiger partial charge < -0.3 is 14.6 Å². The van der Waals surface area contributed by atoms with Crippen molar-refractivity contribution in [1.29, 1.82) is 0 Å². The standard InChI is InChI=1S/C28H23N5O2/c1-3-5-16-6-4-7-19-24(16)22-13-23(32(2)26(19)34)25-31-20-9-8-17(12-21(20)33(22)25)18-14-29-27(30-15-18)28(35)10-11-28/h4,6-9,12,14-15,22-23,35H,10-11,13H2,1-2H3. The summed E-state index contributed by atoms with van der Waals surface area (Å²) >= 11 is 0. The minimum absolute atomic E-state index is 0.0146. The third-order valence-electron chi connectivity index (χ3n) is 7.62. The predicted octanol–water partition coefficient (Wildman–Crippen LogP) is 3.97. The predicted molar refractivity (Wildman–Crippen MR) is 130 cm³/mol. The third kappa shape index (κ3) is 2.84. The molecule has 1 fully saturated rings. The molecule has 2 atom stereocenters. The van der Waals surface area contributed by atoms with E-state index in [1.54, 1.807) is 12.4 Å². The van der Waals surface area contributed by atoms with E-state index in [0.717, 1.165) is 45.5 Å². The molecule has 2 aromatic heterocycles. The highest BCUT2D eigenvalue weighted by atomic mass is 16.3. The van der Waals surface area contributed by atoms with Gasteiger partial charge in [0.1, 0.15) is 11.4 Å². The van der Waals surface area contributed by atoms with Gasteiger partial charge in [0.2, 0.25) is 0 Å². The lowest BCUT2D eigenvalue weighted by atomic mass is 9.93. The van der Waals surface area contributed by atoms with Crippen molar-refractivity contribution in [3.05, 3.63) is 77.1 Å². The number of hydrogen-bond donors (Lipinski definition) is 1. The lowest BCUT2D eigenvalue weighted by Gasteiger charge is -2.24. The zero-order valence-electron chi connectivity index (χ0n) is 19.5. The van der Waals surface area contributed by atoms with Gasteiger partial charge in [0.05, 0.1) is 23.1 Å². The molecule has 2 unspecified atom stereocenters. The Hall–Kier alpha value is -4.02. The van der Waals surface area contributed by atoms with E-state index < -0.39 is 5.60 Å². The van der Waals surface area contributed by atoms with E-state index in [4.69, 9.17) is 4.98 Å². The zero-order chi connectivity index (χ0) is 23.9. The molecule has 4 heterocycles. The number of hydrogen-bond acceptors (Lipinski definition) is 5. The van der Waals surface area contributed by atoms with Gasteiger partial charge in [-0.3, -0.25) is 4.79 Å². The quantitative estimate of drug-likeness (QED) is 0.457. The summed E-state index contributed by atoms with van der Waals surface area (Å²) in [5.41, 5.74) is 5.53. The second-order valence-electron chi connectivity index (χ2n) is 9.70. The first-order chi connectivity index (χ1) is 17.0. The van der Waals surface area contributed by atoms with Crippen molar-refractivity contribution in [3.63, 3.8) is 0 Å². The smallest absolute Gasteiger partial charge is 0.254 e. The highest BCUT2D eigenvalue weighted by Gasteiger charge is 2.45. The molecule has 2 bridgehead atoms. The minimum Gasteiger partial charge on any atom is -0.382 e. The van der Waals surface area contributed by atoms with Crippen molar-refractivity contribution in [3.8, 4) is 23.0 Å². The highest BCUT2D eigenvalue weighted by molar-refractivity contribution is 5.98. The van der Waals surface area contributed by atoms with Crippen molar-refractivity contribution in [1.82, 2.24) is 24.4 Å². The molecule has 2 aromatic carbocycles. The van der Waals surface area contributed by atoms with E-state index in [2.05, 4.69) is 32.4 Å². The Morgan fingerprint density at radius 1 is 1.09 bits per heavy atom. The average molecular weight is 462 g/mol. The summed E-state index contributed by atoms with van der Waals surface area (Å²) in [4.78, 5) is 29.0. The van der Waals surface area contributed by atoms with Gasteiger partial charge in [0.25, 0.3) is 5.91 Å². The molecule has 1 amide bonds. The maximum Gasteiger partial charge on any atom is 0.254 e. The molecule has 1 saturated carbocycles. The summed E-state index contributed by atoms with van der Waals surface area (Å²) in [5, 5.41) is 10.3. The number of amides is 1. The number of imidazole rings is 1. The van der Waals surface area contributed by atoms with E-state index >= 15 is 0 Å². The van der Waals surface area contributed by atoms with Gasteiger partial charge in [0, 0.05) is 48.1 Å². The van der Waals surface area contributed by atoms with Crippen LogP contribution in [0.1, 0.15) is 71.4 Å². The normalized spacial score (nSPS) is 21.2. The highest BCUT2D eigenvalue weighted by Crippen LogP contribution is 2.48. The molecular weight excluding hydrogens is 438 g/mol. The molecule has 1 N–H and O–H groups in total. The number of benzene rings is 2. The van der Waals surface area contributed by atoms with Crippen LogP contribution in [0.3, 0.4) is 0 Å². The summed E-state index contributed by atoms with van der Waals surface area (Å²) < 4.78 is 2.29. The average Bonchev–Trinajstić information content (AvgIpc) is 3.40. The third-order valence-corrected chi connectivity index (χ3v) is 7.62. The number of rotatable bonds is 2. The van der Waals surface area contributed by atoms with Crippen LogP contribution in [-0.2, 0) is 5.60 Å². The zero-order valence-corrected chi connectivity index (χ0v) is 19.5. The molecule has 4 aromatic rings. The molecule has 7 rings (SSSR count). The van der Waals surface area contributed by atoms with E-state index in [9.17, 15) is 9.90 Å². The van der Waals surface area contributed by atoms with E-state index in [1.807, 2.05) is 49.2 Å². The summed E-state index contributed by atoms with van der Waals surface area (Å²) in [6.45, 7) is 1.82. The Morgan fingerprint density at radius 3 is 2.63 bits per heavy atom. The Kier molecular flexibility index (Phi) is 4.07. The van der Waals surface area contributed by atoms with Crippen molar-refractivity contribution in [2.24, 2.45) is 0 Å². The molecule has 0 radical (unpaired) electrons. The second kappa shape index (κ2) is 7.00. The maximum absolute atomic E-state index is 13.4. The van der Waals surface area contributed by atoms with Crippen LogP contribution < -0.4 is 0 Å². The Bertz CT molecular complexity index is 1600. The first-order valence-electron chi connectivity index (χ1n) is 11.9. The number of aromatic nitrogens is 4. The van der Waals surface area contributed by atoms with Crippen molar-refractivity contribution >= 4 is 16.9 Å². The molecule has 7 heteroatoms. The molecule has 7 nitrogen and oxygen atoms in total. The Balaban J connectivity index is 1.41. The molecule has 172 valence electrons. The van der Waals surface area contributed by atoms with Gasteiger partial charge in [-0.1, -0.05) is 18.1 Å². The minimum atomic E-state index is -0.847. The topological polar surface area (TPSA) is 84.1 Å². The summed E-state index contributed by atoms with van der Waals surface area (Å²) in [6.07, 6.45) is 5.76. The van der Waals surface area contributed by atoms with Crippen LogP contribution in [0.15, 0.2) is 48.8 Å². The van der Waals surface area contributed by atoms with Gasteiger partial charge >= 0.3 is 0 Å². The van der Waals surface area contributed by atoms with Crippen LogP contribution in [0, 0.1) is 11.8 Å². The summed E-state index contributed by atoms with van der Waals surface area (Å²) in [7, 11) is 1.87. The van der Waals surface area contributed by atoms with E-state index in [-0.39, 0.29) is 18.0 Å². The molecule has 3 aliphatic rings. The monoisotopic (exact) mass is 461 g/mol. The van der Waals surface area contributed by atoms with Gasteiger partial charge in [-0.15, -0.1) is 5.92 Å². The number of carbonyl (C=O) groups is 1. The Morgan fingerprint density at radius 2 is 1.89 bits per heavy atom. The Labute approximate surface area is 202 Å². The molecule has 35 heavy (non-hydrogen) atoms. The van der Waals surface area contributed by atoms with Crippen LogP contribution in [0.4, 0.5) is 0 Å². The van der Waals surface area contributed by atoms with Gasteiger partial charge in [0.15, 0.2) is 5.82 Å². The fourth-order valence-corrected chi connectivity index (χ4v) is 5.60. The van der Waals surface area contributed by atoms with Crippen molar-refractivity contribution < 1.29 is 9.90 Å². The molecular formula is C28H23N5O2. The SMILES string of the molecule is CC#Cc1cccc2c1C1CC(c3nc4ccc(-c5cnc(C6(O)CC6)nc5)cc4n31)N(C)C2=O. The fourth-order valence-electron chi connectivity index (χ4n) is 5.60. The van der Waals surface area contributed by atoms with Crippen LogP contribution in [-0.4, -0.2) is 42.5 Å². The van der Waals surface area contributed by atoms with E-state index in [1.165, 1.54) is 0 Å². The van der Waals surface area contributed by atoms with Crippen LogP contribution in [0.25, 0.3) is 22.2 Å². The van der Waals surface area contributed by atoms with E-state index in [0.29, 0.717) is 24.2 Å². The maximum atomic E-state index is 13.4. The van der Waals surface area contributed by atoms with Crippen LogP contribution in [0.5, 0.6) is 0 Å². The van der Waals surface area contributed by atoms with Gasteiger partial charge in [-0.2, -0.15) is 0 Å². The van der Waals surface area contributed by atoms with Crippen LogP contribution in [0.2, 0.25) is 0 Å². The summed E-state index contributed by atoms with van der Waals surface area (Å²) in [5.74, 6) is 7.65. The molecule has 0 saturated heterocycles. The molecule has 2 aliphatic heterocycles. The second-order valence-corrected chi connectivity index (χ2v) is 9.70. The number of nitrogens with zero attached hydrogens (tertiary/aromatic N) is 5. The number of fused-ring (bicyclic) bond motifs is 9. The molecule has 0 spiro atoms.